The largest absolute Gasteiger partial charge is 0.451 e. The van der Waals surface area contributed by atoms with Gasteiger partial charge in [0.2, 0.25) is 17.6 Å². The SMILES string of the molecule is CC(OC(=O)c1cc(-c2ccc(N3C(=O)C4CCCCC4C3=O)cc2)nc2ccc(Cl)cc12)C(=O)c1cccc(Cl)c1. The fourth-order valence-corrected chi connectivity index (χ4v) is 6.23. The fraction of sp³-hybridized carbons (Fsp3) is 0.242. The van der Waals surface area contributed by atoms with Crippen molar-refractivity contribution in [2.24, 2.45) is 11.8 Å². The molecule has 1 saturated heterocycles. The number of aromatic nitrogens is 1. The van der Waals surface area contributed by atoms with Crippen molar-refractivity contribution in [1.82, 2.24) is 4.98 Å². The van der Waals surface area contributed by atoms with Gasteiger partial charge in [0.25, 0.3) is 0 Å². The van der Waals surface area contributed by atoms with E-state index in [2.05, 4.69) is 0 Å². The molecule has 42 heavy (non-hydrogen) atoms. The molecule has 2 heterocycles. The molecule has 2 amide bonds. The lowest BCUT2D eigenvalue weighted by molar-refractivity contribution is -0.122. The third-order valence-electron chi connectivity index (χ3n) is 8.02. The van der Waals surface area contributed by atoms with Gasteiger partial charge in [-0.1, -0.05) is 60.3 Å². The van der Waals surface area contributed by atoms with E-state index in [1.54, 1.807) is 66.7 Å². The molecule has 2 fully saturated rings. The van der Waals surface area contributed by atoms with Gasteiger partial charge in [-0.3, -0.25) is 19.3 Å². The van der Waals surface area contributed by atoms with Crippen LogP contribution in [-0.4, -0.2) is 34.7 Å². The van der Waals surface area contributed by atoms with E-state index in [1.807, 2.05) is 0 Å². The topological polar surface area (TPSA) is 93.6 Å². The van der Waals surface area contributed by atoms with Crippen LogP contribution < -0.4 is 4.90 Å². The highest BCUT2D eigenvalue weighted by Crippen LogP contribution is 2.40. The Bertz CT molecular complexity index is 1730. The Labute approximate surface area is 252 Å². The molecule has 3 aromatic carbocycles. The van der Waals surface area contributed by atoms with Crippen molar-refractivity contribution >= 4 is 63.4 Å². The summed E-state index contributed by atoms with van der Waals surface area (Å²) >= 11 is 12.3. The second-order valence-corrected chi connectivity index (χ2v) is 11.6. The van der Waals surface area contributed by atoms with Crippen LogP contribution in [0, 0.1) is 11.8 Å². The monoisotopic (exact) mass is 600 g/mol. The second-order valence-electron chi connectivity index (χ2n) is 10.7. The third-order valence-corrected chi connectivity index (χ3v) is 8.49. The molecule has 7 nitrogen and oxygen atoms in total. The predicted molar refractivity (Wildman–Crippen MR) is 161 cm³/mol. The van der Waals surface area contributed by atoms with Gasteiger partial charge in [-0.05, 0) is 68.3 Å². The minimum absolute atomic E-state index is 0.135. The molecule has 3 unspecified atom stereocenters. The van der Waals surface area contributed by atoms with E-state index in [-0.39, 0.29) is 35.0 Å². The normalized spacial score (nSPS) is 19.1. The number of esters is 1. The van der Waals surface area contributed by atoms with Gasteiger partial charge in [-0.25, -0.2) is 9.78 Å². The molecule has 1 aromatic heterocycles. The smallest absolute Gasteiger partial charge is 0.339 e. The number of benzene rings is 3. The highest BCUT2D eigenvalue weighted by molar-refractivity contribution is 6.31. The number of carbonyl (C=O) groups excluding carboxylic acids is 4. The summed E-state index contributed by atoms with van der Waals surface area (Å²) in [6.45, 7) is 1.51. The van der Waals surface area contributed by atoms with Crippen LogP contribution >= 0.6 is 23.2 Å². The Morgan fingerprint density at radius 1 is 0.881 bits per heavy atom. The van der Waals surface area contributed by atoms with E-state index in [4.69, 9.17) is 32.9 Å². The van der Waals surface area contributed by atoms with Crippen molar-refractivity contribution in [2.45, 2.75) is 38.7 Å². The minimum atomic E-state index is -1.07. The number of Topliss-reactive ketones (excluding diaryl/α,β-unsaturated/α-hetero) is 1. The number of pyridine rings is 1. The van der Waals surface area contributed by atoms with Crippen molar-refractivity contribution in [3.05, 3.63) is 94.0 Å². The summed E-state index contributed by atoms with van der Waals surface area (Å²) in [6, 6.07) is 20.0. The minimum Gasteiger partial charge on any atom is -0.451 e. The van der Waals surface area contributed by atoms with Crippen LogP contribution in [0.15, 0.2) is 72.8 Å². The van der Waals surface area contributed by atoms with E-state index in [0.29, 0.717) is 43.5 Å². The molecule has 4 aromatic rings. The number of carbonyl (C=O) groups is 4. The lowest BCUT2D eigenvalue weighted by atomic mass is 9.81. The lowest BCUT2D eigenvalue weighted by Crippen LogP contribution is -2.30. The van der Waals surface area contributed by atoms with Gasteiger partial charge < -0.3 is 4.74 Å². The number of ketones is 1. The number of hydrogen-bond acceptors (Lipinski definition) is 6. The van der Waals surface area contributed by atoms with Crippen molar-refractivity contribution in [1.29, 1.82) is 0 Å². The van der Waals surface area contributed by atoms with Crippen molar-refractivity contribution in [3.8, 4) is 11.3 Å². The van der Waals surface area contributed by atoms with E-state index in [1.165, 1.54) is 17.9 Å². The zero-order valence-electron chi connectivity index (χ0n) is 22.7. The molecular formula is C33H26Cl2N2O5. The van der Waals surface area contributed by atoms with E-state index in [0.717, 1.165) is 25.7 Å². The first-order valence-electron chi connectivity index (χ1n) is 13.8. The first-order valence-corrected chi connectivity index (χ1v) is 14.6. The number of fused-ring (bicyclic) bond motifs is 2. The Morgan fingerprint density at radius 2 is 1.55 bits per heavy atom. The fourth-order valence-electron chi connectivity index (χ4n) is 5.87. The summed E-state index contributed by atoms with van der Waals surface area (Å²) in [4.78, 5) is 58.5. The molecule has 1 saturated carbocycles. The van der Waals surface area contributed by atoms with Crippen molar-refractivity contribution in [2.75, 3.05) is 4.90 Å². The highest BCUT2D eigenvalue weighted by atomic mass is 35.5. The van der Waals surface area contributed by atoms with Crippen LogP contribution in [0.3, 0.4) is 0 Å². The summed E-state index contributed by atoms with van der Waals surface area (Å²) in [5.74, 6) is -1.83. The van der Waals surface area contributed by atoms with Crippen LogP contribution in [0.5, 0.6) is 0 Å². The Kier molecular flexibility index (Phi) is 7.56. The summed E-state index contributed by atoms with van der Waals surface area (Å²) in [5, 5.41) is 1.30. The van der Waals surface area contributed by atoms with Crippen molar-refractivity contribution < 1.29 is 23.9 Å². The predicted octanol–water partition coefficient (Wildman–Crippen LogP) is 7.32. The second kappa shape index (κ2) is 11.3. The number of nitrogens with zero attached hydrogens (tertiary/aromatic N) is 2. The average Bonchev–Trinajstić information content (AvgIpc) is 3.25. The Morgan fingerprint density at radius 3 is 2.21 bits per heavy atom. The summed E-state index contributed by atoms with van der Waals surface area (Å²) in [5.41, 5.74) is 2.70. The average molecular weight is 601 g/mol. The van der Waals surface area contributed by atoms with Crippen molar-refractivity contribution in [3.63, 3.8) is 0 Å². The van der Waals surface area contributed by atoms with Crippen LogP contribution in [0.25, 0.3) is 22.2 Å². The first kappa shape index (κ1) is 28.1. The van der Waals surface area contributed by atoms with E-state index in [9.17, 15) is 19.2 Å². The number of halogens is 2. The zero-order chi connectivity index (χ0) is 29.5. The number of amides is 2. The van der Waals surface area contributed by atoms with Gasteiger partial charge in [0.1, 0.15) is 0 Å². The first-order chi connectivity index (χ1) is 20.2. The maximum absolute atomic E-state index is 13.4. The molecule has 1 aliphatic carbocycles. The molecule has 0 N–H and O–H groups in total. The number of hydrogen-bond donors (Lipinski definition) is 0. The maximum Gasteiger partial charge on any atom is 0.339 e. The molecule has 3 atom stereocenters. The molecule has 2 aliphatic rings. The molecule has 0 radical (unpaired) electrons. The molecule has 1 aliphatic heterocycles. The van der Waals surface area contributed by atoms with Gasteiger partial charge in [0.05, 0.1) is 34.3 Å². The molecule has 0 bridgehead atoms. The summed E-state index contributed by atoms with van der Waals surface area (Å²) in [7, 11) is 0. The van der Waals surface area contributed by atoms with E-state index < -0.39 is 12.1 Å². The Balaban J connectivity index is 1.30. The number of ether oxygens (including phenoxy) is 1. The maximum atomic E-state index is 13.4. The summed E-state index contributed by atoms with van der Waals surface area (Å²) < 4.78 is 5.60. The van der Waals surface area contributed by atoms with Crippen LogP contribution in [-0.2, 0) is 14.3 Å². The van der Waals surface area contributed by atoms with Gasteiger partial charge in [-0.15, -0.1) is 0 Å². The van der Waals surface area contributed by atoms with E-state index >= 15 is 0 Å². The quantitative estimate of drug-likeness (QED) is 0.131. The molecule has 212 valence electrons. The lowest BCUT2D eigenvalue weighted by Gasteiger charge is -2.19. The van der Waals surface area contributed by atoms with Gasteiger partial charge in [0, 0.05) is 26.6 Å². The highest BCUT2D eigenvalue weighted by Gasteiger charge is 2.48. The summed E-state index contributed by atoms with van der Waals surface area (Å²) in [6.07, 6.45) is 2.35. The van der Waals surface area contributed by atoms with Gasteiger partial charge >= 0.3 is 5.97 Å². The van der Waals surface area contributed by atoms with Gasteiger partial charge in [0.15, 0.2) is 6.10 Å². The molecule has 9 heteroatoms. The zero-order valence-corrected chi connectivity index (χ0v) is 24.2. The number of anilines is 1. The standard InChI is InChI=1S/C33H26Cl2N2O5/c1-18(30(38)20-5-4-6-21(34)15-20)42-33(41)27-17-29(36-28-14-11-22(35)16-26(27)28)19-9-12-23(13-10-19)37-31(39)24-7-2-3-8-25(24)32(37)40/h4-6,9-18,24-25H,2-3,7-8H2,1H3. The Hall–Kier alpha value is -4.07. The van der Waals surface area contributed by atoms with Crippen LogP contribution in [0.4, 0.5) is 5.69 Å². The van der Waals surface area contributed by atoms with Crippen LogP contribution in [0.1, 0.15) is 53.3 Å². The number of imide groups is 1. The molecule has 6 rings (SSSR count). The molecule has 0 spiro atoms. The number of rotatable bonds is 6. The molecular weight excluding hydrogens is 575 g/mol. The third kappa shape index (κ3) is 5.19. The van der Waals surface area contributed by atoms with Gasteiger partial charge in [-0.2, -0.15) is 0 Å². The van der Waals surface area contributed by atoms with Crippen LogP contribution in [0.2, 0.25) is 10.0 Å².